The van der Waals surface area contributed by atoms with Crippen LogP contribution < -0.4 is 5.32 Å². The minimum Gasteiger partial charge on any atom is -0.356 e. The molecule has 32 heavy (non-hydrogen) atoms. The van der Waals surface area contributed by atoms with Gasteiger partial charge in [0.2, 0.25) is 5.91 Å². The van der Waals surface area contributed by atoms with Gasteiger partial charge in [0, 0.05) is 25.5 Å². The summed E-state index contributed by atoms with van der Waals surface area (Å²) in [5, 5.41) is 3.13. The Morgan fingerprint density at radius 3 is 2.53 bits per heavy atom. The summed E-state index contributed by atoms with van der Waals surface area (Å²) in [6, 6.07) is 21.3. The van der Waals surface area contributed by atoms with Crippen LogP contribution in [0.1, 0.15) is 36.5 Å². The van der Waals surface area contributed by atoms with Crippen LogP contribution in [0.3, 0.4) is 0 Å². The Labute approximate surface area is 191 Å². The lowest BCUT2D eigenvalue weighted by molar-refractivity contribution is -0.134. The van der Waals surface area contributed by atoms with Gasteiger partial charge in [-0.2, -0.15) is 0 Å². The van der Waals surface area contributed by atoms with Gasteiger partial charge in [0.05, 0.1) is 5.41 Å². The number of likely N-dealkylation sites (tertiary alicyclic amines) is 1. The number of piperidine rings is 1. The van der Waals surface area contributed by atoms with Gasteiger partial charge in [-0.15, -0.1) is 0 Å². The highest BCUT2D eigenvalue weighted by atomic mass is 16.2. The Hall–Kier alpha value is -2.98. The Morgan fingerprint density at radius 1 is 1.03 bits per heavy atom. The first-order chi connectivity index (χ1) is 15.6. The van der Waals surface area contributed by atoms with E-state index in [1.165, 1.54) is 27.8 Å². The van der Waals surface area contributed by atoms with E-state index in [0.29, 0.717) is 6.54 Å². The third kappa shape index (κ3) is 5.08. The molecule has 0 unspecified atom stereocenters. The van der Waals surface area contributed by atoms with Crippen molar-refractivity contribution in [3.8, 4) is 11.1 Å². The van der Waals surface area contributed by atoms with Gasteiger partial charge < -0.3 is 5.32 Å². The first kappa shape index (κ1) is 22.2. The zero-order valence-corrected chi connectivity index (χ0v) is 19.2. The highest BCUT2D eigenvalue weighted by Crippen LogP contribution is 2.37. The molecule has 3 aromatic rings. The molecule has 1 amide bonds. The van der Waals surface area contributed by atoms with Crippen LogP contribution in [0.2, 0.25) is 0 Å². The number of nitrogens with one attached hydrogen (secondary N) is 1. The molecule has 0 spiro atoms. The van der Waals surface area contributed by atoms with Gasteiger partial charge in [-0.1, -0.05) is 54.6 Å². The molecule has 4 nitrogen and oxygen atoms in total. The Bertz CT molecular complexity index is 1040. The molecular formula is C28H33N3O. The number of rotatable bonds is 7. The van der Waals surface area contributed by atoms with Crippen LogP contribution in [0.15, 0.2) is 73.1 Å². The summed E-state index contributed by atoms with van der Waals surface area (Å²) in [6.07, 6.45) is 6.26. The van der Waals surface area contributed by atoms with E-state index < -0.39 is 0 Å². The highest BCUT2D eigenvalue weighted by molar-refractivity contribution is 5.83. The number of amides is 1. The number of aromatic nitrogens is 1. The van der Waals surface area contributed by atoms with E-state index in [1.54, 1.807) is 0 Å². The van der Waals surface area contributed by atoms with Crippen molar-refractivity contribution in [1.29, 1.82) is 0 Å². The molecule has 1 aliphatic rings. The van der Waals surface area contributed by atoms with E-state index in [1.807, 2.05) is 25.4 Å². The molecule has 0 radical (unpaired) electrons. The predicted octanol–water partition coefficient (Wildman–Crippen LogP) is 5.02. The maximum absolute atomic E-state index is 13.3. The van der Waals surface area contributed by atoms with Gasteiger partial charge in [0.1, 0.15) is 0 Å². The number of aryl methyl sites for hydroxylation is 1. The summed E-state index contributed by atoms with van der Waals surface area (Å²) in [5.41, 5.74) is 5.85. The zero-order valence-electron chi connectivity index (χ0n) is 19.2. The topological polar surface area (TPSA) is 45.2 Å². The second-order valence-corrected chi connectivity index (χ2v) is 8.97. The average molecular weight is 428 g/mol. The fourth-order valence-corrected chi connectivity index (χ4v) is 4.86. The molecule has 4 rings (SSSR count). The van der Waals surface area contributed by atoms with Crippen LogP contribution >= 0.6 is 0 Å². The summed E-state index contributed by atoms with van der Waals surface area (Å²) < 4.78 is 0. The standard InChI is InChI=1S/C28H33N3O/c1-3-30-27(32)28(13-16-31(17-14-28)21-24-10-7-15-29-20-24)19-23-9-6-11-25(18-23)26-12-5-4-8-22(26)2/h4-12,15,18,20H,3,13-14,16-17,19,21H2,1-2H3,(H,30,32). The van der Waals surface area contributed by atoms with Gasteiger partial charge in [-0.05, 0) is 80.1 Å². The first-order valence-corrected chi connectivity index (χ1v) is 11.6. The highest BCUT2D eigenvalue weighted by Gasteiger charge is 2.41. The fourth-order valence-electron chi connectivity index (χ4n) is 4.86. The minimum absolute atomic E-state index is 0.197. The Kier molecular flexibility index (Phi) is 7.01. The van der Waals surface area contributed by atoms with E-state index in [2.05, 4.69) is 76.7 Å². The summed E-state index contributed by atoms with van der Waals surface area (Å²) in [4.78, 5) is 19.9. The zero-order chi connectivity index (χ0) is 22.4. The molecule has 1 aromatic heterocycles. The molecular weight excluding hydrogens is 394 g/mol. The number of pyridine rings is 1. The van der Waals surface area contributed by atoms with E-state index in [-0.39, 0.29) is 11.3 Å². The molecule has 2 aromatic carbocycles. The van der Waals surface area contributed by atoms with Crippen LogP contribution in [0, 0.1) is 12.3 Å². The van der Waals surface area contributed by atoms with Crippen LogP contribution in [0.4, 0.5) is 0 Å². The molecule has 0 bridgehead atoms. The second-order valence-electron chi connectivity index (χ2n) is 8.97. The molecule has 1 aliphatic heterocycles. The number of benzene rings is 2. The lowest BCUT2D eigenvalue weighted by Gasteiger charge is -2.41. The third-order valence-electron chi connectivity index (χ3n) is 6.69. The second kappa shape index (κ2) is 10.1. The number of nitrogens with zero attached hydrogens (tertiary/aromatic N) is 2. The lowest BCUT2D eigenvalue weighted by Crippen LogP contribution is -2.49. The molecule has 2 heterocycles. The quantitative estimate of drug-likeness (QED) is 0.576. The Morgan fingerprint density at radius 2 is 1.81 bits per heavy atom. The van der Waals surface area contributed by atoms with E-state index in [4.69, 9.17) is 0 Å². The van der Waals surface area contributed by atoms with Crippen LogP contribution in [-0.4, -0.2) is 35.4 Å². The summed E-state index contributed by atoms with van der Waals surface area (Å²) in [6.45, 7) is 7.55. The number of hydrogen-bond donors (Lipinski definition) is 1. The van der Waals surface area contributed by atoms with E-state index >= 15 is 0 Å². The van der Waals surface area contributed by atoms with Crippen molar-refractivity contribution in [2.45, 2.75) is 39.7 Å². The predicted molar refractivity (Wildman–Crippen MR) is 130 cm³/mol. The largest absolute Gasteiger partial charge is 0.356 e. The van der Waals surface area contributed by atoms with Gasteiger partial charge in [-0.3, -0.25) is 14.7 Å². The summed E-state index contributed by atoms with van der Waals surface area (Å²) >= 11 is 0. The molecule has 1 N–H and O–H groups in total. The van der Waals surface area contributed by atoms with Crippen molar-refractivity contribution in [3.63, 3.8) is 0 Å². The monoisotopic (exact) mass is 427 g/mol. The normalized spacial score (nSPS) is 15.9. The molecule has 0 aliphatic carbocycles. The molecule has 0 saturated carbocycles. The van der Waals surface area contributed by atoms with Gasteiger partial charge in [-0.25, -0.2) is 0 Å². The first-order valence-electron chi connectivity index (χ1n) is 11.6. The minimum atomic E-state index is -0.355. The molecule has 1 saturated heterocycles. The van der Waals surface area contributed by atoms with Crippen molar-refractivity contribution in [1.82, 2.24) is 15.2 Å². The lowest BCUT2D eigenvalue weighted by atomic mass is 9.72. The van der Waals surface area contributed by atoms with Gasteiger partial charge in [0.15, 0.2) is 0 Å². The smallest absolute Gasteiger partial charge is 0.226 e. The van der Waals surface area contributed by atoms with Crippen LogP contribution in [0.5, 0.6) is 0 Å². The summed E-state index contributed by atoms with van der Waals surface area (Å²) in [7, 11) is 0. The summed E-state index contributed by atoms with van der Waals surface area (Å²) in [5.74, 6) is 0.197. The van der Waals surface area contributed by atoms with Crippen LogP contribution in [-0.2, 0) is 17.8 Å². The molecule has 1 fully saturated rings. The average Bonchev–Trinajstić information content (AvgIpc) is 2.82. The number of hydrogen-bond acceptors (Lipinski definition) is 3. The molecule has 4 heteroatoms. The van der Waals surface area contributed by atoms with E-state index in [9.17, 15) is 4.79 Å². The number of carbonyl (C=O) groups is 1. The Balaban J connectivity index is 1.53. The molecule has 0 atom stereocenters. The molecule has 166 valence electrons. The van der Waals surface area contributed by atoms with Crippen molar-refractivity contribution < 1.29 is 4.79 Å². The van der Waals surface area contributed by atoms with Crippen LogP contribution in [0.25, 0.3) is 11.1 Å². The SMILES string of the molecule is CCNC(=O)C1(Cc2cccc(-c3ccccc3C)c2)CCN(Cc2cccnc2)CC1. The van der Waals surface area contributed by atoms with Crippen molar-refractivity contribution in [3.05, 3.63) is 89.7 Å². The van der Waals surface area contributed by atoms with E-state index in [0.717, 1.165) is 38.9 Å². The van der Waals surface area contributed by atoms with Crippen molar-refractivity contribution >= 4 is 5.91 Å². The van der Waals surface area contributed by atoms with Crippen molar-refractivity contribution in [2.75, 3.05) is 19.6 Å². The van der Waals surface area contributed by atoms with Gasteiger partial charge in [0.25, 0.3) is 0 Å². The maximum atomic E-state index is 13.3. The van der Waals surface area contributed by atoms with Crippen molar-refractivity contribution in [2.24, 2.45) is 5.41 Å². The number of carbonyl (C=O) groups excluding carboxylic acids is 1. The van der Waals surface area contributed by atoms with Gasteiger partial charge >= 0.3 is 0 Å². The maximum Gasteiger partial charge on any atom is 0.226 e. The third-order valence-corrected chi connectivity index (χ3v) is 6.69. The fraction of sp³-hybridized carbons (Fsp3) is 0.357.